The van der Waals surface area contributed by atoms with Gasteiger partial charge < -0.3 is 4.57 Å². The van der Waals surface area contributed by atoms with Gasteiger partial charge >= 0.3 is 0 Å². The Kier molecular flexibility index (Phi) is 9.72. The highest BCUT2D eigenvalue weighted by molar-refractivity contribution is 6.91. The molecule has 0 saturated carbocycles. The van der Waals surface area contributed by atoms with Crippen molar-refractivity contribution in [2.24, 2.45) is 0 Å². The molecule has 0 N–H and O–H groups in total. The fourth-order valence-corrected chi connectivity index (χ4v) is 12.4. The van der Waals surface area contributed by atoms with Crippen molar-refractivity contribution >= 4 is 39.4 Å². The van der Waals surface area contributed by atoms with E-state index in [-0.39, 0.29) is 39.6 Å². The Labute approximate surface area is 424 Å². The average molecular weight is 924 g/mol. The van der Waals surface area contributed by atoms with Crippen LogP contribution in [0.2, 0.25) is 0 Å². The smallest absolute Gasteiger partial charge is 0.227 e. The number of hydrogen-bond acceptors (Lipinski definition) is 0. The van der Waals surface area contributed by atoms with Gasteiger partial charge in [-0.3, -0.25) is 0 Å². The van der Waals surface area contributed by atoms with Crippen LogP contribution < -0.4 is 10.9 Å². The maximum Gasteiger partial charge on any atom is 0.227 e. The molecule has 0 spiro atoms. The van der Waals surface area contributed by atoms with Crippen molar-refractivity contribution < 1.29 is 0 Å². The van der Waals surface area contributed by atoms with Crippen molar-refractivity contribution in [2.45, 2.75) is 137 Å². The van der Waals surface area contributed by atoms with Crippen molar-refractivity contribution in [1.29, 1.82) is 0 Å². The summed E-state index contributed by atoms with van der Waals surface area (Å²) in [6, 6.07) is 58.4. The zero-order valence-electron chi connectivity index (χ0n) is 45.0. The van der Waals surface area contributed by atoms with Gasteiger partial charge in [0.2, 0.25) is 6.71 Å². The molecular formula is C69H70BN. The minimum Gasteiger partial charge on any atom is -0.310 e. The quantitative estimate of drug-likeness (QED) is 0.156. The Morgan fingerprint density at radius 3 is 1.31 bits per heavy atom. The van der Waals surface area contributed by atoms with Gasteiger partial charge in [-0.2, -0.15) is 0 Å². The number of benzene rings is 8. The third-order valence-corrected chi connectivity index (χ3v) is 16.7. The summed E-state index contributed by atoms with van der Waals surface area (Å²) in [5.74, 6) is 0.151. The molecule has 1 aromatic heterocycles. The fourth-order valence-electron chi connectivity index (χ4n) is 12.4. The molecule has 12 rings (SSSR count). The van der Waals surface area contributed by atoms with Crippen LogP contribution in [-0.4, -0.2) is 11.3 Å². The van der Waals surface area contributed by atoms with Gasteiger partial charge in [-0.05, 0) is 175 Å². The minimum atomic E-state index is -0.0795. The van der Waals surface area contributed by atoms with Gasteiger partial charge in [0.25, 0.3) is 0 Å². The van der Waals surface area contributed by atoms with Crippen LogP contribution in [0.1, 0.15) is 149 Å². The summed E-state index contributed by atoms with van der Waals surface area (Å²) in [7, 11) is 0. The molecule has 0 bridgehead atoms. The Hall–Kier alpha value is -6.38. The zero-order chi connectivity index (χ0) is 50.1. The Balaban J connectivity index is 1.19. The van der Waals surface area contributed by atoms with E-state index in [1.165, 1.54) is 133 Å². The molecule has 1 unspecified atom stereocenters. The molecule has 0 fully saturated rings. The zero-order valence-corrected chi connectivity index (χ0v) is 45.0. The van der Waals surface area contributed by atoms with Gasteiger partial charge in [0, 0.05) is 22.0 Å². The summed E-state index contributed by atoms with van der Waals surface area (Å²) < 4.78 is 2.68. The third kappa shape index (κ3) is 7.17. The van der Waals surface area contributed by atoms with Crippen molar-refractivity contribution in [1.82, 2.24) is 4.57 Å². The number of rotatable bonds is 3. The molecule has 0 saturated heterocycles. The molecule has 2 aliphatic heterocycles. The standard InChI is InChI=1S/C69H70BN/c1-65(2,3)46-23-16-40(17-24-46)43-22-31-59-53(32-43)57-35-45(42-20-27-48(28-21-42)67(7,8)9)36-58-64(57)71(59)60-39-50(69(13,14)15)38-56-55-34-44(41-18-25-47(26-19-41)66(4,5)6)33-54-52-37-49(68(10,11)12)29-30-51(52)63(61(54)55)70(58)62(56)60/h16-39,63H,1-15H3. The van der Waals surface area contributed by atoms with E-state index in [9.17, 15) is 0 Å². The molecule has 1 atom stereocenters. The highest BCUT2D eigenvalue weighted by atomic mass is 15.0. The summed E-state index contributed by atoms with van der Waals surface area (Å²) in [6.07, 6.45) is 0. The molecular weight excluding hydrogens is 854 g/mol. The molecule has 0 amide bonds. The molecule has 71 heavy (non-hydrogen) atoms. The second kappa shape index (κ2) is 15.1. The van der Waals surface area contributed by atoms with Crippen molar-refractivity contribution in [3.05, 3.63) is 185 Å². The van der Waals surface area contributed by atoms with Gasteiger partial charge in [-0.25, -0.2) is 0 Å². The summed E-state index contributed by atoms with van der Waals surface area (Å²) >= 11 is 0. The van der Waals surface area contributed by atoms with E-state index in [1.807, 2.05) is 0 Å². The average Bonchev–Trinajstić information content (AvgIpc) is 3.82. The number of aromatic nitrogens is 1. The van der Waals surface area contributed by atoms with Crippen LogP contribution in [0.4, 0.5) is 0 Å². The molecule has 1 aliphatic carbocycles. The number of hydrogen-bond donors (Lipinski definition) is 0. The fraction of sp³-hybridized carbons (Fsp3) is 0.304. The highest BCUT2D eigenvalue weighted by Gasteiger charge is 2.49. The lowest BCUT2D eigenvalue weighted by molar-refractivity contribution is 0.590. The maximum atomic E-state index is 2.68. The predicted octanol–water partition coefficient (Wildman–Crippen LogP) is 17.5. The van der Waals surface area contributed by atoms with E-state index in [1.54, 1.807) is 0 Å². The van der Waals surface area contributed by atoms with Crippen LogP contribution in [0.15, 0.2) is 146 Å². The van der Waals surface area contributed by atoms with Crippen molar-refractivity contribution in [2.75, 3.05) is 0 Å². The van der Waals surface area contributed by atoms with Crippen LogP contribution in [0.3, 0.4) is 0 Å². The van der Waals surface area contributed by atoms with Gasteiger partial charge in [-0.1, -0.05) is 213 Å². The van der Waals surface area contributed by atoms with Crippen LogP contribution in [0, 0.1) is 0 Å². The molecule has 3 heterocycles. The molecule has 3 aliphatic rings. The summed E-state index contributed by atoms with van der Waals surface area (Å²) in [4.78, 5) is 0. The van der Waals surface area contributed by atoms with Crippen LogP contribution in [0.5, 0.6) is 0 Å². The normalized spacial score (nSPS) is 15.1. The molecule has 354 valence electrons. The van der Waals surface area contributed by atoms with E-state index in [2.05, 4.69) is 254 Å². The van der Waals surface area contributed by atoms with Crippen LogP contribution in [0.25, 0.3) is 83.1 Å². The van der Waals surface area contributed by atoms with E-state index in [0.29, 0.717) is 0 Å². The largest absolute Gasteiger partial charge is 0.310 e. The van der Waals surface area contributed by atoms with E-state index in [0.717, 1.165) is 0 Å². The summed E-state index contributed by atoms with van der Waals surface area (Å²) in [6.45, 7) is 35.1. The van der Waals surface area contributed by atoms with Crippen LogP contribution >= 0.6 is 0 Å². The lowest BCUT2D eigenvalue weighted by Crippen LogP contribution is -2.54. The SMILES string of the molecule is CC(C)(C)c1ccc(-c2cc3c4c(c2)-c2cc(C(C)(C)C)cc5c2B(c2cc(-c6ccc(C(C)(C)C)cc6)cc6c7cc(-c8ccc(C(C)(C)C)cc8)ccc7n-5c26)C4c2ccc(C(C)(C)C)cc2-3)cc1. The van der Waals surface area contributed by atoms with E-state index >= 15 is 0 Å². The van der Waals surface area contributed by atoms with Crippen molar-refractivity contribution in [3.63, 3.8) is 0 Å². The molecule has 0 radical (unpaired) electrons. The Bertz CT molecular complexity index is 3670. The van der Waals surface area contributed by atoms with E-state index < -0.39 is 0 Å². The van der Waals surface area contributed by atoms with E-state index in [4.69, 9.17) is 0 Å². The summed E-state index contributed by atoms with van der Waals surface area (Å²) in [5.41, 5.74) is 30.0. The van der Waals surface area contributed by atoms with Gasteiger partial charge in [0.1, 0.15) is 0 Å². The summed E-state index contributed by atoms with van der Waals surface area (Å²) in [5, 5.41) is 2.64. The van der Waals surface area contributed by atoms with Crippen LogP contribution in [-0.2, 0) is 27.1 Å². The lowest BCUT2D eigenvalue weighted by atomic mass is 9.28. The highest BCUT2D eigenvalue weighted by Crippen LogP contribution is 2.56. The second-order valence-corrected chi connectivity index (χ2v) is 26.7. The third-order valence-electron chi connectivity index (χ3n) is 16.7. The number of fused-ring (bicyclic) bond motifs is 10. The first kappa shape index (κ1) is 45.7. The second-order valence-electron chi connectivity index (χ2n) is 26.7. The monoisotopic (exact) mass is 924 g/mol. The maximum absolute atomic E-state index is 2.68. The first-order chi connectivity index (χ1) is 33.3. The van der Waals surface area contributed by atoms with Crippen molar-refractivity contribution in [3.8, 4) is 61.3 Å². The first-order valence-electron chi connectivity index (χ1n) is 26.3. The van der Waals surface area contributed by atoms with Gasteiger partial charge in [-0.15, -0.1) is 0 Å². The minimum absolute atomic E-state index is 0.0106. The van der Waals surface area contributed by atoms with Gasteiger partial charge in [0.15, 0.2) is 0 Å². The first-order valence-corrected chi connectivity index (χ1v) is 26.3. The lowest BCUT2D eigenvalue weighted by Gasteiger charge is -2.39. The molecule has 9 aromatic rings. The van der Waals surface area contributed by atoms with Gasteiger partial charge in [0.05, 0.1) is 5.52 Å². The molecule has 2 heteroatoms. The Morgan fingerprint density at radius 2 is 0.789 bits per heavy atom. The predicted molar refractivity (Wildman–Crippen MR) is 308 cm³/mol. The molecule has 8 aromatic carbocycles. The molecule has 1 nitrogen and oxygen atoms in total. The topological polar surface area (TPSA) is 4.93 Å². The Morgan fingerprint density at radius 1 is 0.352 bits per heavy atom. The number of nitrogens with zero attached hydrogens (tertiary/aromatic N) is 1.